The van der Waals surface area contributed by atoms with Crippen LogP contribution < -0.4 is 10.2 Å². The molecule has 1 aromatic carbocycles. The normalized spacial score (nSPS) is 22.5. The molecule has 2 rings (SSSR count). The van der Waals surface area contributed by atoms with Crippen molar-refractivity contribution in [3.05, 3.63) is 29.3 Å². The van der Waals surface area contributed by atoms with E-state index >= 15 is 0 Å². The number of piperazine rings is 1. The second kappa shape index (κ2) is 5.34. The molecule has 114 valence electrons. The number of nitrogens with zero attached hydrogens (tertiary/aromatic N) is 1. The van der Waals surface area contributed by atoms with E-state index in [9.17, 15) is 27.2 Å². The summed E-state index contributed by atoms with van der Waals surface area (Å²) in [5, 5.41) is 2.37. The minimum atomic E-state index is -1.71. The van der Waals surface area contributed by atoms with Crippen molar-refractivity contribution in [2.45, 2.75) is 32.4 Å². The Morgan fingerprint density at radius 1 is 1.14 bits per heavy atom. The molecular weight excluding hydrogens is 292 g/mol. The maximum atomic E-state index is 13.8. The molecule has 1 aromatic rings. The molecule has 1 N–H and O–H groups in total. The highest BCUT2D eigenvalue weighted by Crippen LogP contribution is 2.31. The molecule has 1 saturated heterocycles. The van der Waals surface area contributed by atoms with Gasteiger partial charge in [-0.05, 0) is 13.3 Å². The molecule has 1 heterocycles. The fraction of sp³-hybridized carbons (Fsp3) is 0.385. The van der Waals surface area contributed by atoms with E-state index in [2.05, 4.69) is 5.32 Å². The average Bonchev–Trinajstić information content (AvgIpc) is 2.44. The molecule has 1 fully saturated rings. The molecule has 2 atom stereocenters. The zero-order chi connectivity index (χ0) is 15.9. The van der Waals surface area contributed by atoms with E-state index in [1.807, 2.05) is 0 Å². The second-order valence-corrected chi connectivity index (χ2v) is 4.67. The standard InChI is InChI=1S/C13H12F4N2O2/c1-3-8-13(21)19(5(2)12(20)18-8)11-9(16)6(14)4-7(15)10(11)17/h4-5,8H,3H2,1-2H3,(H,18,20). The van der Waals surface area contributed by atoms with Gasteiger partial charge in [0, 0.05) is 6.07 Å². The van der Waals surface area contributed by atoms with E-state index < -0.39 is 52.9 Å². The van der Waals surface area contributed by atoms with Gasteiger partial charge in [0.2, 0.25) is 11.8 Å². The molecule has 0 spiro atoms. The molecule has 0 aromatic heterocycles. The van der Waals surface area contributed by atoms with Gasteiger partial charge in [-0.1, -0.05) is 6.92 Å². The number of carbonyl (C=O) groups excluding carboxylic acids is 2. The summed E-state index contributed by atoms with van der Waals surface area (Å²) in [6, 6.07) is -2.24. The van der Waals surface area contributed by atoms with E-state index in [0.29, 0.717) is 4.90 Å². The van der Waals surface area contributed by atoms with Crippen LogP contribution in [0.3, 0.4) is 0 Å². The zero-order valence-electron chi connectivity index (χ0n) is 11.2. The quantitative estimate of drug-likeness (QED) is 0.670. The van der Waals surface area contributed by atoms with Gasteiger partial charge in [0.15, 0.2) is 23.3 Å². The Bertz CT molecular complexity index is 594. The van der Waals surface area contributed by atoms with Crippen LogP contribution in [-0.4, -0.2) is 23.9 Å². The minimum absolute atomic E-state index is 0.0463. The van der Waals surface area contributed by atoms with E-state index in [1.165, 1.54) is 6.92 Å². The Morgan fingerprint density at radius 2 is 1.67 bits per heavy atom. The highest BCUT2D eigenvalue weighted by Gasteiger charge is 2.41. The summed E-state index contributed by atoms with van der Waals surface area (Å²) in [5.41, 5.74) is -1.18. The molecule has 2 amide bonds. The SMILES string of the molecule is CCC1NC(=O)C(C)N(c2c(F)c(F)cc(F)c2F)C1=O. The fourth-order valence-electron chi connectivity index (χ4n) is 2.18. The van der Waals surface area contributed by atoms with E-state index in [-0.39, 0.29) is 12.5 Å². The first-order valence-corrected chi connectivity index (χ1v) is 6.26. The molecule has 1 aliphatic rings. The molecule has 0 radical (unpaired) electrons. The summed E-state index contributed by atoms with van der Waals surface area (Å²) in [7, 11) is 0. The van der Waals surface area contributed by atoms with Gasteiger partial charge in [-0.2, -0.15) is 0 Å². The minimum Gasteiger partial charge on any atom is -0.343 e. The van der Waals surface area contributed by atoms with Gasteiger partial charge < -0.3 is 5.32 Å². The molecule has 4 nitrogen and oxygen atoms in total. The van der Waals surface area contributed by atoms with E-state index in [0.717, 1.165) is 0 Å². The summed E-state index contributed by atoms with van der Waals surface area (Å²) in [5.74, 6) is -8.18. The fourth-order valence-corrected chi connectivity index (χ4v) is 2.18. The van der Waals surface area contributed by atoms with Gasteiger partial charge in [-0.25, -0.2) is 17.6 Å². The lowest BCUT2D eigenvalue weighted by molar-refractivity contribution is -0.133. The number of anilines is 1. The summed E-state index contributed by atoms with van der Waals surface area (Å²) < 4.78 is 54.2. The number of hydrogen-bond acceptors (Lipinski definition) is 2. The van der Waals surface area contributed by atoms with Crippen LogP contribution in [0.25, 0.3) is 0 Å². The van der Waals surface area contributed by atoms with Crippen molar-refractivity contribution in [2.24, 2.45) is 0 Å². The Morgan fingerprint density at radius 3 is 2.14 bits per heavy atom. The number of hydrogen-bond donors (Lipinski definition) is 1. The molecule has 0 aliphatic carbocycles. The lowest BCUT2D eigenvalue weighted by Gasteiger charge is -2.37. The zero-order valence-corrected chi connectivity index (χ0v) is 11.2. The van der Waals surface area contributed by atoms with Crippen molar-refractivity contribution in [2.75, 3.05) is 4.90 Å². The first-order chi connectivity index (χ1) is 9.79. The largest absolute Gasteiger partial charge is 0.343 e. The van der Waals surface area contributed by atoms with Crippen molar-refractivity contribution in [1.29, 1.82) is 0 Å². The first kappa shape index (κ1) is 15.3. The Hall–Kier alpha value is -2.12. The molecule has 21 heavy (non-hydrogen) atoms. The van der Waals surface area contributed by atoms with Gasteiger partial charge >= 0.3 is 0 Å². The highest BCUT2D eigenvalue weighted by molar-refractivity contribution is 6.08. The van der Waals surface area contributed by atoms with Crippen molar-refractivity contribution in [3.8, 4) is 0 Å². The molecule has 1 aliphatic heterocycles. The third kappa shape index (κ3) is 2.34. The summed E-state index contributed by atoms with van der Waals surface area (Å²) >= 11 is 0. The number of benzene rings is 1. The van der Waals surface area contributed by atoms with Gasteiger partial charge in [0.25, 0.3) is 0 Å². The van der Waals surface area contributed by atoms with Crippen LogP contribution in [0.2, 0.25) is 0 Å². The number of rotatable bonds is 2. The maximum absolute atomic E-state index is 13.8. The number of amides is 2. The van der Waals surface area contributed by atoms with Crippen molar-refractivity contribution >= 4 is 17.5 Å². The van der Waals surface area contributed by atoms with Crippen molar-refractivity contribution in [3.63, 3.8) is 0 Å². The predicted octanol–water partition coefficient (Wildman–Crippen LogP) is 1.87. The molecular formula is C13H12F4N2O2. The summed E-state index contributed by atoms with van der Waals surface area (Å²) in [4.78, 5) is 24.4. The monoisotopic (exact) mass is 304 g/mol. The lowest BCUT2D eigenvalue weighted by Crippen LogP contribution is -2.63. The summed E-state index contributed by atoms with van der Waals surface area (Å²) in [6.45, 7) is 2.79. The second-order valence-electron chi connectivity index (χ2n) is 4.67. The number of carbonyl (C=O) groups is 2. The van der Waals surface area contributed by atoms with Crippen molar-refractivity contribution < 1.29 is 27.2 Å². The maximum Gasteiger partial charge on any atom is 0.250 e. The van der Waals surface area contributed by atoms with Crippen LogP contribution in [0.5, 0.6) is 0 Å². The molecule has 8 heteroatoms. The lowest BCUT2D eigenvalue weighted by atomic mass is 10.0. The van der Waals surface area contributed by atoms with Crippen LogP contribution in [0, 0.1) is 23.3 Å². The third-order valence-corrected chi connectivity index (χ3v) is 3.36. The van der Waals surface area contributed by atoms with Crippen LogP contribution in [-0.2, 0) is 9.59 Å². The van der Waals surface area contributed by atoms with Gasteiger partial charge in [0.05, 0.1) is 0 Å². The van der Waals surface area contributed by atoms with Gasteiger partial charge in [-0.15, -0.1) is 0 Å². The molecule has 2 unspecified atom stereocenters. The smallest absolute Gasteiger partial charge is 0.250 e. The Balaban J connectivity index is 2.63. The highest BCUT2D eigenvalue weighted by atomic mass is 19.2. The Labute approximate surface area is 117 Å². The Kier molecular flexibility index (Phi) is 3.89. The van der Waals surface area contributed by atoms with Crippen LogP contribution >= 0.6 is 0 Å². The first-order valence-electron chi connectivity index (χ1n) is 6.26. The molecule has 0 saturated carbocycles. The van der Waals surface area contributed by atoms with Crippen LogP contribution in [0.4, 0.5) is 23.2 Å². The van der Waals surface area contributed by atoms with Gasteiger partial charge in [0.1, 0.15) is 17.8 Å². The van der Waals surface area contributed by atoms with Crippen molar-refractivity contribution in [1.82, 2.24) is 5.32 Å². The van der Waals surface area contributed by atoms with E-state index in [4.69, 9.17) is 0 Å². The predicted molar refractivity (Wildman–Crippen MR) is 65.4 cm³/mol. The topological polar surface area (TPSA) is 49.4 Å². The van der Waals surface area contributed by atoms with Gasteiger partial charge in [-0.3, -0.25) is 14.5 Å². The van der Waals surface area contributed by atoms with Crippen LogP contribution in [0.15, 0.2) is 6.07 Å². The summed E-state index contributed by atoms with van der Waals surface area (Å²) in [6.07, 6.45) is 0.175. The number of halogens is 4. The van der Waals surface area contributed by atoms with E-state index in [1.54, 1.807) is 6.92 Å². The van der Waals surface area contributed by atoms with Crippen LogP contribution in [0.1, 0.15) is 20.3 Å². The number of nitrogens with one attached hydrogen (secondary N) is 1. The third-order valence-electron chi connectivity index (χ3n) is 3.36. The molecule has 0 bridgehead atoms. The average molecular weight is 304 g/mol.